The Hall–Kier alpha value is -3.25. The molecule has 2 heterocycles. The molecule has 3 rings (SSSR count). The molecule has 1 aromatic carbocycles. The van der Waals surface area contributed by atoms with Crippen molar-refractivity contribution in [1.82, 2.24) is 4.98 Å². The van der Waals surface area contributed by atoms with Gasteiger partial charge in [0.25, 0.3) is 12.6 Å². The first kappa shape index (κ1) is 30.3. The van der Waals surface area contributed by atoms with E-state index < -0.39 is 29.2 Å². The van der Waals surface area contributed by atoms with Crippen LogP contribution in [0.15, 0.2) is 30.5 Å². The van der Waals surface area contributed by atoms with E-state index in [1.807, 2.05) is 13.8 Å². The van der Waals surface area contributed by atoms with Crippen LogP contribution in [0.5, 0.6) is 5.75 Å². The first-order valence-electron chi connectivity index (χ1n) is 12.4. The third-order valence-corrected chi connectivity index (χ3v) is 6.82. The highest BCUT2D eigenvalue weighted by Crippen LogP contribution is 2.34. The Morgan fingerprint density at radius 1 is 1.18 bits per heavy atom. The van der Waals surface area contributed by atoms with Crippen LogP contribution >= 0.6 is 11.3 Å². The summed E-state index contributed by atoms with van der Waals surface area (Å²) < 4.78 is 53.4. The molecule has 2 aromatic heterocycles. The zero-order valence-corrected chi connectivity index (χ0v) is 23.5. The van der Waals surface area contributed by atoms with E-state index in [1.54, 1.807) is 37.6 Å². The molecular formula is C27H32F3N3O5S. The number of amides is 1. The number of hydrogen-bond acceptors (Lipinski definition) is 7. The van der Waals surface area contributed by atoms with Crippen molar-refractivity contribution >= 4 is 38.6 Å². The number of nitrogens with one attached hydrogen (secondary N) is 1. The van der Waals surface area contributed by atoms with E-state index in [9.17, 15) is 27.9 Å². The van der Waals surface area contributed by atoms with Crippen molar-refractivity contribution < 1.29 is 41.9 Å². The van der Waals surface area contributed by atoms with E-state index in [2.05, 4.69) is 10.3 Å². The normalized spacial score (nSPS) is 13.7. The van der Waals surface area contributed by atoms with Crippen molar-refractivity contribution in [3.63, 3.8) is 0 Å². The highest BCUT2D eigenvalue weighted by molar-refractivity contribution is 7.22. The van der Waals surface area contributed by atoms with Gasteiger partial charge in [-0.25, -0.2) is 4.98 Å². The predicted molar refractivity (Wildman–Crippen MR) is 138 cm³/mol. The van der Waals surface area contributed by atoms with Gasteiger partial charge in [-0.1, -0.05) is 38.2 Å². The molecule has 0 fully saturated rings. The zero-order chi connectivity index (χ0) is 29.1. The number of benzene rings is 1. The summed E-state index contributed by atoms with van der Waals surface area (Å²) in [5, 5.41) is 14.2. The average molecular weight is 568 g/mol. The number of hydrogen-bond donors (Lipinski definition) is 1. The van der Waals surface area contributed by atoms with Crippen LogP contribution in [0, 0.1) is 5.41 Å². The number of rotatable bonds is 9. The molecule has 212 valence electrons. The van der Waals surface area contributed by atoms with Crippen molar-refractivity contribution in [3.05, 3.63) is 47.3 Å². The summed E-state index contributed by atoms with van der Waals surface area (Å²) in [5.41, 5.74) is -0.683. The maximum Gasteiger partial charge on any atom is 0.416 e. The van der Waals surface area contributed by atoms with Crippen molar-refractivity contribution in [1.29, 1.82) is 0 Å². The van der Waals surface area contributed by atoms with Gasteiger partial charge in [0.15, 0.2) is 16.8 Å². The second kappa shape index (κ2) is 11.9. The number of fused-ring (bicyclic) bond motifs is 1. The fraction of sp³-hybridized carbons (Fsp3) is 0.481. The summed E-state index contributed by atoms with van der Waals surface area (Å²) in [5.74, 6) is -1.33. The molecule has 0 spiro atoms. The summed E-state index contributed by atoms with van der Waals surface area (Å²) in [6.45, 7) is 10.3. The Kier molecular flexibility index (Phi) is 9.22. The van der Waals surface area contributed by atoms with E-state index in [4.69, 9.17) is 9.47 Å². The smallest absolute Gasteiger partial charge is 0.416 e. The lowest BCUT2D eigenvalue weighted by molar-refractivity contribution is -0.734. The Labute approximate surface area is 228 Å². The van der Waals surface area contributed by atoms with Crippen LogP contribution in [-0.2, 0) is 22.4 Å². The average Bonchev–Trinajstić information content (AvgIpc) is 3.26. The van der Waals surface area contributed by atoms with Gasteiger partial charge >= 0.3 is 12.1 Å². The molecule has 0 aliphatic carbocycles. The molecule has 3 aromatic rings. The third-order valence-electron chi connectivity index (χ3n) is 5.88. The lowest BCUT2D eigenvalue weighted by Gasteiger charge is -2.19. The van der Waals surface area contributed by atoms with Crippen LogP contribution in [0.2, 0.25) is 0 Å². The van der Waals surface area contributed by atoms with E-state index in [0.717, 1.165) is 40.3 Å². The number of ether oxygens (including phenoxy) is 2. The number of carbonyl (C=O) groups is 2. The zero-order valence-electron chi connectivity index (χ0n) is 22.6. The van der Waals surface area contributed by atoms with Gasteiger partial charge in [0.2, 0.25) is 5.69 Å². The fourth-order valence-electron chi connectivity index (χ4n) is 3.60. The van der Waals surface area contributed by atoms with Gasteiger partial charge in [-0.05, 0) is 45.4 Å². The van der Waals surface area contributed by atoms with Crippen LogP contribution in [-0.4, -0.2) is 29.6 Å². The third kappa shape index (κ3) is 7.45. The summed E-state index contributed by atoms with van der Waals surface area (Å²) in [6, 6.07) is 4.29. The van der Waals surface area contributed by atoms with Crippen LogP contribution in [0.3, 0.4) is 0 Å². The van der Waals surface area contributed by atoms with Crippen molar-refractivity contribution in [2.75, 3.05) is 11.9 Å². The maximum absolute atomic E-state index is 13.3. The molecule has 0 bridgehead atoms. The maximum atomic E-state index is 13.3. The molecule has 12 heteroatoms. The predicted octanol–water partition coefficient (Wildman–Crippen LogP) is 5.04. The second-order valence-electron chi connectivity index (χ2n) is 10.3. The van der Waals surface area contributed by atoms with Crippen LogP contribution in [0.1, 0.15) is 75.5 Å². The number of pyridine rings is 1. The number of nitrogens with zero attached hydrogens (tertiary/aromatic N) is 2. The van der Waals surface area contributed by atoms with Crippen molar-refractivity contribution in [2.24, 2.45) is 5.41 Å². The van der Waals surface area contributed by atoms with E-state index in [1.165, 1.54) is 6.92 Å². The molecule has 1 N–H and O–H groups in total. The molecule has 0 radical (unpaired) electrons. The molecule has 0 saturated heterocycles. The van der Waals surface area contributed by atoms with Gasteiger partial charge in [0, 0.05) is 12.0 Å². The van der Waals surface area contributed by atoms with Crippen LogP contribution in [0.4, 0.5) is 18.3 Å². The SMILES string of the molecule is CCC(C)c1c2nc(NC(=O)c3cc(C(F)(F)F)ccc3OC[C@H](C)[O-])sc2cc[n+]1COC(=O)C(C)(C)C. The Balaban J connectivity index is 1.97. The number of aromatic nitrogens is 2. The van der Waals surface area contributed by atoms with Crippen molar-refractivity contribution in [2.45, 2.75) is 72.9 Å². The molecule has 2 atom stereocenters. The minimum absolute atomic E-state index is 0.0187. The first-order valence-corrected chi connectivity index (χ1v) is 13.2. The van der Waals surface area contributed by atoms with Crippen LogP contribution in [0.25, 0.3) is 10.2 Å². The van der Waals surface area contributed by atoms with Gasteiger partial charge in [-0.3, -0.25) is 14.9 Å². The number of halogens is 3. The van der Waals surface area contributed by atoms with E-state index >= 15 is 0 Å². The summed E-state index contributed by atoms with van der Waals surface area (Å²) in [7, 11) is 0. The van der Waals surface area contributed by atoms with E-state index in [-0.39, 0.29) is 41.7 Å². The summed E-state index contributed by atoms with van der Waals surface area (Å²) in [6.07, 6.45) is -3.29. The molecule has 1 unspecified atom stereocenters. The standard InChI is InChI=1S/C27H32F3N3O5S/c1-7-15(2)22-21-20(10-11-33(22)14-38-24(36)26(4,5)6)39-25(31-21)32-23(35)18-12-17(27(28,29)30)8-9-19(18)37-13-16(3)34/h8-12,15-16H,7,13-14H2,1-6H3,(H,31,32,35)/t15?,16-/m0/s1. The van der Waals surface area contributed by atoms with Gasteiger partial charge in [0.05, 0.1) is 27.8 Å². The molecule has 0 aliphatic heterocycles. The molecule has 0 aliphatic rings. The summed E-state index contributed by atoms with van der Waals surface area (Å²) >= 11 is 1.16. The topological polar surface area (TPSA) is 104 Å². The van der Waals surface area contributed by atoms with Crippen LogP contribution < -0.4 is 19.7 Å². The lowest BCUT2D eigenvalue weighted by Crippen LogP contribution is -2.42. The Morgan fingerprint density at radius 3 is 2.46 bits per heavy atom. The lowest BCUT2D eigenvalue weighted by atomic mass is 9.97. The minimum Gasteiger partial charge on any atom is -0.850 e. The van der Waals surface area contributed by atoms with Gasteiger partial charge in [-0.2, -0.15) is 17.7 Å². The Morgan fingerprint density at radius 2 is 1.87 bits per heavy atom. The number of alkyl halides is 3. The first-order chi connectivity index (χ1) is 18.1. The second-order valence-corrected chi connectivity index (χ2v) is 11.3. The number of anilines is 1. The molecular weight excluding hydrogens is 535 g/mol. The quantitative estimate of drug-likeness (QED) is 0.287. The molecule has 1 amide bonds. The number of carbonyl (C=O) groups excluding carboxylic acids is 2. The fourth-order valence-corrected chi connectivity index (χ4v) is 4.47. The molecule has 8 nitrogen and oxygen atoms in total. The monoisotopic (exact) mass is 567 g/mol. The highest BCUT2D eigenvalue weighted by atomic mass is 32.1. The Bertz CT molecular complexity index is 1350. The van der Waals surface area contributed by atoms with Gasteiger partial charge in [0.1, 0.15) is 5.75 Å². The molecule has 39 heavy (non-hydrogen) atoms. The minimum atomic E-state index is -4.68. The molecule has 0 saturated carbocycles. The summed E-state index contributed by atoms with van der Waals surface area (Å²) in [4.78, 5) is 30.0. The highest BCUT2D eigenvalue weighted by Gasteiger charge is 2.33. The number of esters is 1. The van der Waals surface area contributed by atoms with E-state index in [0.29, 0.717) is 11.6 Å². The van der Waals surface area contributed by atoms with Gasteiger partial charge < -0.3 is 14.6 Å². The van der Waals surface area contributed by atoms with Crippen molar-refractivity contribution in [3.8, 4) is 5.75 Å². The van der Waals surface area contributed by atoms with Gasteiger partial charge in [-0.15, -0.1) is 0 Å². The number of thiazole rings is 1. The largest absolute Gasteiger partial charge is 0.850 e.